The maximum absolute atomic E-state index is 11.9. The summed E-state index contributed by atoms with van der Waals surface area (Å²) in [6.45, 7) is 3.71. The van der Waals surface area contributed by atoms with Crippen molar-refractivity contribution in [3.8, 4) is 0 Å². The maximum atomic E-state index is 11.9. The molecule has 0 radical (unpaired) electrons. The van der Waals surface area contributed by atoms with Crippen molar-refractivity contribution >= 4 is 12.0 Å². The molecule has 0 aromatic heterocycles. The lowest BCUT2D eigenvalue weighted by Gasteiger charge is -2.31. The molecule has 5 heteroatoms. The number of likely N-dealkylation sites (N-methyl/N-ethyl adjacent to an activating group) is 1. The molecule has 1 aliphatic carbocycles. The average Bonchev–Trinajstić information content (AvgIpc) is 2.37. The molecule has 1 saturated carbocycles. The highest BCUT2D eigenvalue weighted by atomic mass is 16.4. The van der Waals surface area contributed by atoms with Gasteiger partial charge in [0, 0.05) is 13.1 Å². The number of nitrogens with one attached hydrogen (secondary N) is 1. The molecule has 0 spiro atoms. The number of rotatable bonds is 4. The van der Waals surface area contributed by atoms with Crippen LogP contribution in [0.3, 0.4) is 0 Å². The molecule has 1 rings (SSSR count). The molecule has 0 aliphatic heterocycles. The van der Waals surface area contributed by atoms with Gasteiger partial charge in [-0.05, 0) is 38.5 Å². The SMILES string of the molecule is CCC1CCC(NC(=O)N(C)C(C)C(=O)O)CC1. The van der Waals surface area contributed by atoms with E-state index in [1.165, 1.54) is 25.3 Å². The van der Waals surface area contributed by atoms with Crippen LogP contribution in [0.1, 0.15) is 46.0 Å². The zero-order valence-corrected chi connectivity index (χ0v) is 11.5. The van der Waals surface area contributed by atoms with Crippen LogP contribution in [0.2, 0.25) is 0 Å². The molecule has 0 heterocycles. The Balaban J connectivity index is 2.39. The Morgan fingerprint density at radius 2 is 1.89 bits per heavy atom. The van der Waals surface area contributed by atoms with Crippen molar-refractivity contribution in [2.24, 2.45) is 5.92 Å². The topological polar surface area (TPSA) is 69.6 Å². The first-order chi connectivity index (χ1) is 8.45. The van der Waals surface area contributed by atoms with Gasteiger partial charge in [-0.25, -0.2) is 9.59 Å². The Morgan fingerprint density at radius 3 is 2.33 bits per heavy atom. The van der Waals surface area contributed by atoms with Crippen LogP contribution in [0.25, 0.3) is 0 Å². The molecule has 1 fully saturated rings. The number of carboxylic acids is 1. The van der Waals surface area contributed by atoms with Crippen molar-refractivity contribution in [3.63, 3.8) is 0 Å². The van der Waals surface area contributed by atoms with Gasteiger partial charge in [0.2, 0.25) is 0 Å². The standard InChI is InChI=1S/C13H24N2O3/c1-4-10-5-7-11(8-6-10)14-13(18)15(3)9(2)12(16)17/h9-11H,4-8H2,1-3H3,(H,14,18)(H,16,17). The zero-order chi connectivity index (χ0) is 13.7. The molecular weight excluding hydrogens is 232 g/mol. The quantitative estimate of drug-likeness (QED) is 0.809. The predicted octanol–water partition coefficient (Wildman–Crippen LogP) is 2.07. The number of nitrogens with zero attached hydrogens (tertiary/aromatic N) is 1. The second kappa shape index (κ2) is 6.61. The van der Waals surface area contributed by atoms with E-state index in [2.05, 4.69) is 12.2 Å². The van der Waals surface area contributed by atoms with E-state index in [9.17, 15) is 9.59 Å². The number of carbonyl (C=O) groups is 2. The maximum Gasteiger partial charge on any atom is 0.326 e. The van der Waals surface area contributed by atoms with Crippen LogP contribution in [0, 0.1) is 5.92 Å². The molecule has 1 atom stereocenters. The molecule has 2 N–H and O–H groups in total. The van der Waals surface area contributed by atoms with Gasteiger partial charge in [0.15, 0.2) is 0 Å². The van der Waals surface area contributed by atoms with Crippen LogP contribution < -0.4 is 5.32 Å². The van der Waals surface area contributed by atoms with Gasteiger partial charge in [0.25, 0.3) is 0 Å². The Hall–Kier alpha value is -1.26. The zero-order valence-electron chi connectivity index (χ0n) is 11.5. The summed E-state index contributed by atoms with van der Waals surface area (Å²) in [5.41, 5.74) is 0. The van der Waals surface area contributed by atoms with Gasteiger partial charge in [-0.2, -0.15) is 0 Å². The van der Waals surface area contributed by atoms with Crippen molar-refractivity contribution < 1.29 is 14.7 Å². The molecule has 0 saturated heterocycles. The molecule has 0 aromatic rings. The highest BCUT2D eigenvalue weighted by Crippen LogP contribution is 2.26. The van der Waals surface area contributed by atoms with E-state index in [-0.39, 0.29) is 12.1 Å². The second-order valence-corrected chi connectivity index (χ2v) is 5.20. The minimum atomic E-state index is -0.984. The Kier molecular flexibility index (Phi) is 5.44. The van der Waals surface area contributed by atoms with Gasteiger partial charge in [-0.3, -0.25) is 0 Å². The van der Waals surface area contributed by atoms with Crippen LogP contribution >= 0.6 is 0 Å². The number of urea groups is 1. The first kappa shape index (κ1) is 14.8. The molecule has 18 heavy (non-hydrogen) atoms. The fourth-order valence-electron chi connectivity index (χ4n) is 2.33. The van der Waals surface area contributed by atoms with Gasteiger partial charge in [-0.15, -0.1) is 0 Å². The lowest BCUT2D eigenvalue weighted by Crippen LogP contribution is -2.49. The van der Waals surface area contributed by atoms with Crippen LogP contribution in [-0.2, 0) is 4.79 Å². The largest absolute Gasteiger partial charge is 0.480 e. The second-order valence-electron chi connectivity index (χ2n) is 5.20. The molecule has 1 unspecified atom stereocenters. The van der Waals surface area contributed by atoms with Crippen LogP contribution in [0.15, 0.2) is 0 Å². The van der Waals surface area contributed by atoms with E-state index < -0.39 is 12.0 Å². The van der Waals surface area contributed by atoms with Crippen LogP contribution in [-0.4, -0.2) is 41.1 Å². The Bertz CT molecular complexity index is 299. The first-order valence-electron chi connectivity index (χ1n) is 6.71. The fourth-order valence-corrected chi connectivity index (χ4v) is 2.33. The van der Waals surface area contributed by atoms with Gasteiger partial charge >= 0.3 is 12.0 Å². The number of hydrogen-bond donors (Lipinski definition) is 2. The van der Waals surface area contributed by atoms with Gasteiger partial charge in [-0.1, -0.05) is 13.3 Å². The molecule has 2 amide bonds. The molecular formula is C13H24N2O3. The summed E-state index contributed by atoms with van der Waals surface area (Å²) in [6.07, 6.45) is 5.51. The normalized spacial score (nSPS) is 25.3. The van der Waals surface area contributed by atoms with E-state index >= 15 is 0 Å². The number of hydrogen-bond acceptors (Lipinski definition) is 2. The first-order valence-corrected chi connectivity index (χ1v) is 6.71. The smallest absolute Gasteiger partial charge is 0.326 e. The summed E-state index contributed by atoms with van der Waals surface area (Å²) in [4.78, 5) is 23.9. The third kappa shape index (κ3) is 3.89. The number of aliphatic carboxylic acids is 1. The van der Waals surface area contributed by atoms with Crippen molar-refractivity contribution in [1.82, 2.24) is 10.2 Å². The predicted molar refractivity (Wildman–Crippen MR) is 69.4 cm³/mol. The number of amides is 2. The third-order valence-corrected chi connectivity index (χ3v) is 4.01. The van der Waals surface area contributed by atoms with E-state index in [4.69, 9.17) is 5.11 Å². The van der Waals surface area contributed by atoms with E-state index in [0.29, 0.717) is 0 Å². The van der Waals surface area contributed by atoms with E-state index in [1.54, 1.807) is 0 Å². The molecule has 5 nitrogen and oxygen atoms in total. The van der Waals surface area contributed by atoms with Gasteiger partial charge < -0.3 is 15.3 Å². The number of carbonyl (C=O) groups excluding carboxylic acids is 1. The minimum Gasteiger partial charge on any atom is -0.480 e. The van der Waals surface area contributed by atoms with Gasteiger partial charge in [0.1, 0.15) is 6.04 Å². The van der Waals surface area contributed by atoms with Crippen LogP contribution in [0.5, 0.6) is 0 Å². The highest BCUT2D eigenvalue weighted by Gasteiger charge is 2.25. The summed E-state index contributed by atoms with van der Waals surface area (Å²) in [7, 11) is 1.52. The van der Waals surface area contributed by atoms with Crippen molar-refractivity contribution in [3.05, 3.63) is 0 Å². The van der Waals surface area contributed by atoms with Crippen molar-refractivity contribution in [1.29, 1.82) is 0 Å². The Labute approximate surface area is 109 Å². The molecule has 1 aliphatic rings. The molecule has 0 bridgehead atoms. The summed E-state index contributed by atoms with van der Waals surface area (Å²) in [6, 6.07) is -0.884. The average molecular weight is 256 g/mol. The van der Waals surface area contributed by atoms with E-state index in [1.807, 2.05) is 0 Å². The lowest BCUT2D eigenvalue weighted by atomic mass is 9.84. The van der Waals surface area contributed by atoms with Crippen molar-refractivity contribution in [2.75, 3.05) is 7.05 Å². The van der Waals surface area contributed by atoms with E-state index in [0.717, 1.165) is 31.6 Å². The van der Waals surface area contributed by atoms with Crippen LogP contribution in [0.4, 0.5) is 4.79 Å². The summed E-state index contributed by atoms with van der Waals surface area (Å²) in [5.74, 6) is -0.198. The molecule has 104 valence electrons. The number of carboxylic acid groups (broad SMARTS) is 1. The summed E-state index contributed by atoms with van der Waals surface area (Å²) >= 11 is 0. The lowest BCUT2D eigenvalue weighted by molar-refractivity contribution is -0.141. The monoisotopic (exact) mass is 256 g/mol. The van der Waals surface area contributed by atoms with Gasteiger partial charge in [0.05, 0.1) is 0 Å². The summed E-state index contributed by atoms with van der Waals surface area (Å²) < 4.78 is 0. The Morgan fingerprint density at radius 1 is 1.33 bits per heavy atom. The fraction of sp³-hybridized carbons (Fsp3) is 0.846. The summed E-state index contributed by atoms with van der Waals surface area (Å²) in [5, 5.41) is 11.8. The third-order valence-electron chi connectivity index (χ3n) is 4.01. The minimum absolute atomic E-state index is 0.198. The molecule has 0 aromatic carbocycles. The highest BCUT2D eigenvalue weighted by molar-refractivity contribution is 5.82. The van der Waals surface area contributed by atoms with Crippen molar-refractivity contribution in [2.45, 2.75) is 58.0 Å².